The van der Waals surface area contributed by atoms with Crippen molar-refractivity contribution in [2.75, 3.05) is 0 Å². The van der Waals surface area contributed by atoms with E-state index in [2.05, 4.69) is 256 Å². The van der Waals surface area contributed by atoms with Crippen LogP contribution in [-0.2, 0) is 51.4 Å². The number of hydrogen-bond donors (Lipinski definition) is 0. The number of benzene rings is 12. The fourth-order valence-electron chi connectivity index (χ4n) is 25.6. The van der Waals surface area contributed by atoms with Gasteiger partial charge in [0, 0.05) is 92.7 Å². The van der Waals surface area contributed by atoms with Gasteiger partial charge in [0.25, 0.3) is 0 Å². The maximum atomic E-state index is 5.05. The molecule has 0 radical (unpaired) electrons. The van der Waals surface area contributed by atoms with Crippen LogP contribution < -0.4 is 0 Å². The molecule has 0 spiro atoms. The summed E-state index contributed by atoms with van der Waals surface area (Å²) >= 11 is 0. The fraction of sp³-hybridized carbons (Fsp3) is 0.0645. The summed E-state index contributed by atoms with van der Waals surface area (Å²) in [6, 6.07) is 106. The quantitative estimate of drug-likeness (QED) is 0.132. The summed E-state index contributed by atoms with van der Waals surface area (Å²) < 4.78 is 8.68. The topological polar surface area (TPSA) is 172 Å². The SMILES string of the molecule is c1ccc2c(c1)Cc1c-2ccc2c1-c1cc3c(cc1C2)c1ncccc1n1c2ncccc2nc31.c1ccc2c(c1)Cc1c-2ccc2c1Cc1cc3c(cc1-2)c1nc2cccnc2n1c1cccnc31.c1ccc2c(c1)Cc1cc3c(cc1-2)-c1cc2c(cc1C3)c1ncccc1n1c3ncccc3nc21.c1ccc2c(c1)Cc1cc3c(cc1-2)Cc1cc2c(cc1-3)c1nc3cccnc3n1c1cccnc21. The molecule has 28 aromatic rings. The molecule has 0 atom stereocenters. The molecule has 16 heteroatoms. The third kappa shape index (κ3) is 10.4. The first-order valence-corrected chi connectivity index (χ1v) is 48.2. The van der Waals surface area contributed by atoms with Gasteiger partial charge in [0.05, 0.1) is 44.1 Å². The van der Waals surface area contributed by atoms with Gasteiger partial charge in [0.2, 0.25) is 0 Å². The normalized spacial score (nSPS) is 13.5. The second kappa shape index (κ2) is 27.7. The van der Waals surface area contributed by atoms with Crippen LogP contribution in [0.3, 0.4) is 0 Å². The van der Waals surface area contributed by atoms with E-state index in [1.165, 1.54) is 178 Å². The molecule has 16 heterocycles. The van der Waals surface area contributed by atoms with Crippen molar-refractivity contribution in [3.05, 3.63) is 430 Å². The molecule has 140 heavy (non-hydrogen) atoms. The van der Waals surface area contributed by atoms with E-state index in [-0.39, 0.29) is 0 Å². The molecule has 16 nitrogen and oxygen atoms in total. The highest BCUT2D eigenvalue weighted by atomic mass is 15.1. The largest absolute Gasteiger partial charge is 0.274 e. The van der Waals surface area contributed by atoms with Gasteiger partial charge < -0.3 is 0 Å². The summed E-state index contributed by atoms with van der Waals surface area (Å²) in [4.78, 5) is 58.1. The van der Waals surface area contributed by atoms with Crippen LogP contribution in [0.5, 0.6) is 0 Å². The number of aromatic nitrogens is 16. The molecule has 8 aliphatic rings. The Morgan fingerprint density at radius 1 is 0.157 bits per heavy atom. The highest BCUT2D eigenvalue weighted by molar-refractivity contribution is 6.19. The zero-order valence-electron chi connectivity index (χ0n) is 75.1. The molecule has 648 valence electrons. The van der Waals surface area contributed by atoms with Gasteiger partial charge in [-0.15, -0.1) is 0 Å². The highest BCUT2D eigenvalue weighted by Gasteiger charge is 2.36. The second-order valence-corrected chi connectivity index (χ2v) is 38.8. The molecule has 36 rings (SSSR count). The van der Waals surface area contributed by atoms with Crippen molar-refractivity contribution in [3.63, 3.8) is 0 Å². The first-order chi connectivity index (χ1) is 69.4. The number of nitrogens with zero attached hydrogens (tertiary/aromatic N) is 16. The van der Waals surface area contributed by atoms with E-state index < -0.39 is 0 Å². The van der Waals surface area contributed by atoms with Crippen molar-refractivity contribution in [1.82, 2.24) is 77.4 Å². The van der Waals surface area contributed by atoms with Gasteiger partial charge in [-0.3, -0.25) is 37.5 Å². The van der Waals surface area contributed by atoms with Crippen molar-refractivity contribution < 1.29 is 0 Å². The molecule has 0 bridgehead atoms. The molecular formula is C124H72N16. The van der Waals surface area contributed by atoms with Crippen molar-refractivity contribution in [2.45, 2.75) is 51.4 Å². The lowest BCUT2D eigenvalue weighted by Gasteiger charge is -2.12. The standard InChI is InChI=1S/4C31H18N4/c1-2-6-20-17(5-1)14-23-21(20)10-9-18-13-19-15-24-25(16-22(19)28(18)23)30-34-26-7-3-12-33-31(26)35(30)27-8-4-11-32-29(24)27;1-2-6-19-17(5-1)13-23-20(19)9-10-21-22-16-26-25(15-18(22)14-24(21)23)29-28(8-4-11-32-29)35-30(26)34-27-7-3-12-33-31(27)35;1-2-6-21-17(5-1)11-18-14-23-19(13-22(18)21)12-20-15-25-26(16-24(20)23)30-34-27-7-3-10-33-31(27)35(30)28-8-4-9-32-29(25)28;1-2-6-21-17(5-1)11-18-12-19-13-20-14-25-26(16-24(20)23(19)15-22(18)21)30-34-27-7-3-10-33-31(27)35(30)28-8-4-9-32-29(25)28/h2*1-12,15-16H,13-14H2;1-10,13-16H,11-12H2;1-10,12,14-16H,11,13H2. The van der Waals surface area contributed by atoms with E-state index in [1.807, 2.05) is 122 Å². The van der Waals surface area contributed by atoms with Gasteiger partial charge in [0.1, 0.15) is 44.7 Å². The van der Waals surface area contributed by atoms with Gasteiger partial charge in [-0.25, -0.2) is 39.9 Å². The van der Waals surface area contributed by atoms with Crippen LogP contribution in [0.15, 0.2) is 341 Å². The number of imidazole rings is 4. The minimum atomic E-state index is 0.873. The molecule has 0 saturated heterocycles. The molecule has 0 fully saturated rings. The van der Waals surface area contributed by atoms with Gasteiger partial charge in [-0.1, -0.05) is 127 Å². The summed E-state index contributed by atoms with van der Waals surface area (Å²) in [5.74, 6) is 0. The Balaban J connectivity index is 0.0000000829. The summed E-state index contributed by atoms with van der Waals surface area (Å²) in [5, 5.41) is 9.16. The van der Waals surface area contributed by atoms with E-state index in [4.69, 9.17) is 39.9 Å². The molecular weight excluding hydrogens is 1710 g/mol. The van der Waals surface area contributed by atoms with E-state index >= 15 is 0 Å². The fourth-order valence-corrected chi connectivity index (χ4v) is 25.6. The van der Waals surface area contributed by atoms with Crippen LogP contribution >= 0.6 is 0 Å². The lowest BCUT2D eigenvalue weighted by molar-refractivity contribution is 1.16. The Hall–Kier alpha value is -18.3. The van der Waals surface area contributed by atoms with Gasteiger partial charge >= 0.3 is 0 Å². The van der Waals surface area contributed by atoms with Gasteiger partial charge in [-0.2, -0.15) is 0 Å². The number of pyridine rings is 12. The Morgan fingerprint density at radius 3 is 0.843 bits per heavy atom. The molecule has 16 aromatic heterocycles. The van der Waals surface area contributed by atoms with Gasteiger partial charge in [0.15, 0.2) is 22.6 Å². The van der Waals surface area contributed by atoms with Crippen LogP contribution in [0, 0.1) is 0 Å². The van der Waals surface area contributed by atoms with E-state index in [9.17, 15) is 0 Å². The van der Waals surface area contributed by atoms with E-state index in [0.717, 1.165) is 206 Å². The summed E-state index contributed by atoms with van der Waals surface area (Å²) in [5.41, 5.74) is 63.7. The third-order valence-electron chi connectivity index (χ3n) is 31.6. The monoisotopic (exact) mass is 1780 g/mol. The van der Waals surface area contributed by atoms with Crippen molar-refractivity contribution in [2.24, 2.45) is 0 Å². The third-order valence-corrected chi connectivity index (χ3v) is 31.6. The lowest BCUT2D eigenvalue weighted by atomic mass is 9.94. The van der Waals surface area contributed by atoms with Crippen molar-refractivity contribution in [3.8, 4) is 89.0 Å². The second-order valence-electron chi connectivity index (χ2n) is 38.8. The average Bonchev–Trinajstić information content (AvgIpc) is 1.55. The Morgan fingerprint density at radius 2 is 0.421 bits per heavy atom. The average molecular weight is 1790 g/mol. The van der Waals surface area contributed by atoms with Crippen LogP contribution in [-0.4, -0.2) is 77.4 Å². The molecule has 0 aliphatic heterocycles. The first kappa shape index (κ1) is 75.1. The van der Waals surface area contributed by atoms with Crippen LogP contribution in [0.2, 0.25) is 0 Å². The van der Waals surface area contributed by atoms with E-state index in [0.29, 0.717) is 0 Å². The minimum Gasteiger partial charge on any atom is -0.274 e. The molecule has 0 amide bonds. The molecule has 0 saturated carbocycles. The molecule has 8 aliphatic carbocycles. The lowest BCUT2D eigenvalue weighted by Crippen LogP contribution is -1.95. The maximum Gasteiger partial charge on any atom is 0.165 e. The zero-order valence-corrected chi connectivity index (χ0v) is 75.1. The Kier molecular flexibility index (Phi) is 14.9. The van der Waals surface area contributed by atoms with Crippen LogP contribution in [0.4, 0.5) is 0 Å². The van der Waals surface area contributed by atoms with E-state index in [1.54, 1.807) is 0 Å². The van der Waals surface area contributed by atoms with Crippen LogP contribution in [0.25, 0.3) is 243 Å². The van der Waals surface area contributed by atoms with Crippen molar-refractivity contribution in [1.29, 1.82) is 0 Å². The molecule has 12 aromatic carbocycles. The first-order valence-electron chi connectivity index (χ1n) is 48.2. The summed E-state index contributed by atoms with van der Waals surface area (Å²) in [6.07, 6.45) is 22.8. The Bertz CT molecular complexity index is 10600. The smallest absolute Gasteiger partial charge is 0.165 e. The number of rotatable bonds is 0. The maximum absolute atomic E-state index is 5.05. The highest BCUT2D eigenvalue weighted by Crippen LogP contribution is 2.55. The van der Waals surface area contributed by atoms with Crippen LogP contribution in [0.1, 0.15) is 89.0 Å². The number of fused-ring (bicyclic) bond motifs is 58. The zero-order chi connectivity index (χ0) is 90.7. The summed E-state index contributed by atoms with van der Waals surface area (Å²) in [6.45, 7) is 0. The van der Waals surface area contributed by atoms with Crippen molar-refractivity contribution >= 4 is 154 Å². The Labute approximate surface area is 796 Å². The summed E-state index contributed by atoms with van der Waals surface area (Å²) in [7, 11) is 0. The molecule has 0 N–H and O–H groups in total. The molecule has 0 unspecified atom stereocenters. The predicted molar refractivity (Wildman–Crippen MR) is 559 cm³/mol. The van der Waals surface area contributed by atoms with Gasteiger partial charge in [-0.05, 0) is 393 Å². The number of hydrogen-bond acceptors (Lipinski definition) is 12. The predicted octanol–water partition coefficient (Wildman–Crippen LogP) is 26.9. The minimum absolute atomic E-state index is 0.873.